The number of aromatic nitrogens is 2. The summed E-state index contributed by atoms with van der Waals surface area (Å²) in [4.78, 5) is 18.2. The van der Waals surface area contributed by atoms with E-state index in [1.165, 1.54) is 0 Å². The number of aliphatic hydroxyl groups excluding tert-OH is 1. The Bertz CT molecular complexity index is 482. The normalized spacial score (nSPS) is 28.0. The summed E-state index contributed by atoms with van der Waals surface area (Å²) >= 11 is 0. The van der Waals surface area contributed by atoms with Crippen molar-refractivity contribution < 1.29 is 14.4 Å². The zero-order valence-corrected chi connectivity index (χ0v) is 11.6. The summed E-state index contributed by atoms with van der Waals surface area (Å²) in [5.74, 6) is 0.556. The highest BCUT2D eigenvalue weighted by atomic mass is 16.5. The van der Waals surface area contributed by atoms with E-state index in [2.05, 4.69) is 15.5 Å². The van der Waals surface area contributed by atoms with Crippen LogP contribution in [0.15, 0.2) is 4.52 Å². The van der Waals surface area contributed by atoms with Crippen molar-refractivity contribution in [3.63, 3.8) is 0 Å². The van der Waals surface area contributed by atoms with Gasteiger partial charge in [0.15, 0.2) is 0 Å². The number of carbonyl (C=O) groups is 1. The van der Waals surface area contributed by atoms with Gasteiger partial charge in [0.2, 0.25) is 5.89 Å². The van der Waals surface area contributed by atoms with Gasteiger partial charge in [0.05, 0.1) is 12.1 Å². The number of hydrogen-bond acceptors (Lipinski definition) is 6. The van der Waals surface area contributed by atoms with Crippen LogP contribution in [-0.4, -0.2) is 51.8 Å². The van der Waals surface area contributed by atoms with E-state index in [4.69, 9.17) is 4.52 Å². The van der Waals surface area contributed by atoms with Gasteiger partial charge in [-0.2, -0.15) is 4.98 Å². The van der Waals surface area contributed by atoms with E-state index in [-0.39, 0.29) is 23.7 Å². The van der Waals surface area contributed by atoms with Gasteiger partial charge >= 0.3 is 0 Å². The Balaban J connectivity index is 1.65. The van der Waals surface area contributed by atoms with Gasteiger partial charge in [0.1, 0.15) is 0 Å². The molecule has 7 nitrogen and oxygen atoms in total. The fourth-order valence-corrected chi connectivity index (χ4v) is 2.87. The van der Waals surface area contributed by atoms with Gasteiger partial charge in [0.25, 0.3) is 11.7 Å². The van der Waals surface area contributed by atoms with Crippen LogP contribution in [0.25, 0.3) is 0 Å². The SMILES string of the molecule is CC(O)C1CCN(C(=O)c2noc(C3CCCN3)n2)C1. The molecule has 0 aromatic carbocycles. The van der Waals surface area contributed by atoms with E-state index >= 15 is 0 Å². The first-order valence-corrected chi connectivity index (χ1v) is 7.19. The Labute approximate surface area is 117 Å². The second kappa shape index (κ2) is 5.49. The number of rotatable bonds is 3. The average molecular weight is 280 g/mol. The van der Waals surface area contributed by atoms with E-state index in [1.807, 2.05) is 0 Å². The first-order valence-electron chi connectivity index (χ1n) is 7.19. The number of hydrogen-bond donors (Lipinski definition) is 2. The van der Waals surface area contributed by atoms with Gasteiger partial charge in [-0.1, -0.05) is 5.16 Å². The van der Waals surface area contributed by atoms with Crippen molar-refractivity contribution in [2.24, 2.45) is 5.92 Å². The van der Waals surface area contributed by atoms with Crippen molar-refractivity contribution in [3.8, 4) is 0 Å². The molecular weight excluding hydrogens is 260 g/mol. The third-order valence-electron chi connectivity index (χ3n) is 4.19. The Kier molecular flexibility index (Phi) is 3.71. The second-order valence-corrected chi connectivity index (χ2v) is 5.65. The Morgan fingerprint density at radius 1 is 1.55 bits per heavy atom. The number of aliphatic hydroxyl groups is 1. The highest BCUT2D eigenvalue weighted by Crippen LogP contribution is 2.23. The largest absolute Gasteiger partial charge is 0.393 e. The summed E-state index contributed by atoms with van der Waals surface area (Å²) in [6.45, 7) is 3.90. The molecule has 0 saturated carbocycles. The fourth-order valence-electron chi connectivity index (χ4n) is 2.87. The lowest BCUT2D eigenvalue weighted by molar-refractivity contribution is 0.0747. The highest BCUT2D eigenvalue weighted by molar-refractivity contribution is 5.90. The van der Waals surface area contributed by atoms with Crippen LogP contribution >= 0.6 is 0 Å². The molecule has 110 valence electrons. The second-order valence-electron chi connectivity index (χ2n) is 5.65. The molecule has 1 aromatic rings. The standard InChI is InChI=1S/C13H20N4O3/c1-8(18)9-4-6-17(7-9)13(19)11-15-12(20-16-11)10-3-2-5-14-10/h8-10,14,18H,2-7H2,1H3. The molecule has 2 aliphatic rings. The minimum absolute atomic E-state index is 0.0767. The molecule has 0 radical (unpaired) electrons. The highest BCUT2D eigenvalue weighted by Gasteiger charge is 2.32. The van der Waals surface area contributed by atoms with Crippen LogP contribution in [0.1, 0.15) is 48.7 Å². The molecule has 2 fully saturated rings. The van der Waals surface area contributed by atoms with Crippen molar-refractivity contribution in [3.05, 3.63) is 11.7 Å². The smallest absolute Gasteiger partial charge is 0.295 e. The molecule has 0 aliphatic carbocycles. The van der Waals surface area contributed by atoms with Crippen molar-refractivity contribution >= 4 is 5.91 Å². The van der Waals surface area contributed by atoms with Crippen LogP contribution in [0.4, 0.5) is 0 Å². The molecule has 3 heterocycles. The number of nitrogens with zero attached hydrogens (tertiary/aromatic N) is 3. The van der Waals surface area contributed by atoms with Gasteiger partial charge in [-0.05, 0) is 32.7 Å². The lowest BCUT2D eigenvalue weighted by Gasteiger charge is -2.15. The molecule has 1 amide bonds. The predicted molar refractivity (Wildman–Crippen MR) is 70.0 cm³/mol. The summed E-state index contributed by atoms with van der Waals surface area (Å²) < 4.78 is 5.18. The van der Waals surface area contributed by atoms with Gasteiger partial charge < -0.3 is 19.8 Å². The molecule has 3 rings (SSSR count). The Hall–Kier alpha value is -1.47. The molecular formula is C13H20N4O3. The van der Waals surface area contributed by atoms with E-state index in [0.717, 1.165) is 25.8 Å². The zero-order chi connectivity index (χ0) is 14.1. The molecule has 3 unspecified atom stereocenters. The molecule has 1 aromatic heterocycles. The Morgan fingerprint density at radius 2 is 2.40 bits per heavy atom. The monoisotopic (exact) mass is 280 g/mol. The van der Waals surface area contributed by atoms with Gasteiger partial charge in [-0.15, -0.1) is 0 Å². The van der Waals surface area contributed by atoms with Gasteiger partial charge in [-0.25, -0.2) is 0 Å². The minimum atomic E-state index is -0.392. The summed E-state index contributed by atoms with van der Waals surface area (Å²) in [5.41, 5.74) is 0. The minimum Gasteiger partial charge on any atom is -0.393 e. The third kappa shape index (κ3) is 2.55. The van der Waals surface area contributed by atoms with Gasteiger partial charge in [-0.3, -0.25) is 4.79 Å². The molecule has 2 N–H and O–H groups in total. The Morgan fingerprint density at radius 3 is 3.05 bits per heavy atom. The maximum absolute atomic E-state index is 12.3. The lowest BCUT2D eigenvalue weighted by Crippen LogP contribution is -2.31. The van der Waals surface area contributed by atoms with E-state index in [0.29, 0.717) is 19.0 Å². The van der Waals surface area contributed by atoms with Gasteiger partial charge in [0, 0.05) is 19.0 Å². The number of nitrogens with one attached hydrogen (secondary N) is 1. The summed E-state index contributed by atoms with van der Waals surface area (Å²) in [6, 6.07) is 0.0767. The van der Waals surface area contributed by atoms with E-state index < -0.39 is 6.10 Å². The maximum atomic E-state index is 12.3. The van der Waals surface area contributed by atoms with E-state index in [1.54, 1.807) is 11.8 Å². The van der Waals surface area contributed by atoms with Crippen molar-refractivity contribution in [2.45, 2.75) is 38.3 Å². The lowest BCUT2D eigenvalue weighted by atomic mass is 10.0. The van der Waals surface area contributed by atoms with Crippen LogP contribution in [0, 0.1) is 5.92 Å². The van der Waals surface area contributed by atoms with Crippen molar-refractivity contribution in [1.29, 1.82) is 0 Å². The van der Waals surface area contributed by atoms with Crippen LogP contribution in [0.3, 0.4) is 0 Å². The van der Waals surface area contributed by atoms with E-state index in [9.17, 15) is 9.90 Å². The quantitative estimate of drug-likeness (QED) is 0.829. The fraction of sp³-hybridized carbons (Fsp3) is 0.769. The summed E-state index contributed by atoms with van der Waals surface area (Å²) in [7, 11) is 0. The van der Waals surface area contributed by atoms with Crippen LogP contribution in [0.5, 0.6) is 0 Å². The molecule has 0 spiro atoms. The van der Waals surface area contributed by atoms with Crippen molar-refractivity contribution in [2.75, 3.05) is 19.6 Å². The molecule has 0 bridgehead atoms. The number of amides is 1. The number of likely N-dealkylation sites (tertiary alicyclic amines) is 1. The van der Waals surface area contributed by atoms with Crippen LogP contribution in [0.2, 0.25) is 0 Å². The summed E-state index contributed by atoms with van der Waals surface area (Å²) in [5, 5.41) is 16.6. The average Bonchev–Trinajstić information content (AvgIpc) is 3.17. The first-order chi connectivity index (χ1) is 9.65. The molecule has 7 heteroatoms. The maximum Gasteiger partial charge on any atom is 0.295 e. The first kappa shape index (κ1) is 13.5. The molecule has 3 atom stereocenters. The molecule has 20 heavy (non-hydrogen) atoms. The molecule has 2 aliphatic heterocycles. The zero-order valence-electron chi connectivity index (χ0n) is 11.6. The summed E-state index contributed by atoms with van der Waals surface area (Å²) in [6.07, 6.45) is 2.47. The third-order valence-corrected chi connectivity index (χ3v) is 4.19. The predicted octanol–water partition coefficient (Wildman–Crippen LogP) is 0.337. The van der Waals surface area contributed by atoms with Crippen LogP contribution in [-0.2, 0) is 0 Å². The number of carbonyl (C=O) groups excluding carboxylic acids is 1. The van der Waals surface area contributed by atoms with Crippen molar-refractivity contribution in [1.82, 2.24) is 20.4 Å². The van der Waals surface area contributed by atoms with Crippen LogP contribution < -0.4 is 5.32 Å². The molecule has 2 saturated heterocycles. The topological polar surface area (TPSA) is 91.5 Å².